The second kappa shape index (κ2) is 7.75. The van der Waals surface area contributed by atoms with Crippen LogP contribution in [0.15, 0.2) is 4.63 Å². The maximum atomic E-state index is 12.1. The molecule has 0 unspecified atom stereocenters. The Labute approximate surface area is 124 Å². The second-order valence-electron chi connectivity index (χ2n) is 5.37. The summed E-state index contributed by atoms with van der Waals surface area (Å²) >= 11 is 0. The summed E-state index contributed by atoms with van der Waals surface area (Å²) in [6, 6.07) is 0. The van der Waals surface area contributed by atoms with Gasteiger partial charge in [0.2, 0.25) is 11.8 Å². The molecule has 1 aliphatic rings. The predicted octanol–water partition coefficient (Wildman–Crippen LogP) is 1.18. The molecule has 7 heteroatoms. The zero-order chi connectivity index (χ0) is 15.1. The third-order valence-electron chi connectivity index (χ3n) is 3.72. The Morgan fingerprint density at radius 3 is 2.48 bits per heavy atom. The average Bonchev–Trinajstić information content (AvgIpc) is 2.73. The number of hydrogen-bond donors (Lipinski definition) is 1. The van der Waals surface area contributed by atoms with E-state index in [-0.39, 0.29) is 31.2 Å². The van der Waals surface area contributed by atoms with Gasteiger partial charge in [0.15, 0.2) is 0 Å². The van der Waals surface area contributed by atoms with Crippen LogP contribution in [-0.2, 0) is 16.1 Å². The Bertz CT molecular complexity index is 478. The lowest BCUT2D eigenvalue weighted by molar-refractivity contribution is -0.133. The van der Waals surface area contributed by atoms with E-state index >= 15 is 0 Å². The molecule has 21 heavy (non-hydrogen) atoms. The summed E-state index contributed by atoms with van der Waals surface area (Å²) in [6.45, 7) is 3.70. The molecule has 0 atom stereocenters. The smallest absolute Gasteiger partial charge is 0.223 e. The van der Waals surface area contributed by atoms with Crippen molar-refractivity contribution >= 4 is 11.8 Å². The molecule has 1 saturated heterocycles. The molecule has 2 rings (SSSR count). The SMILES string of the molecule is Cc1nonc1CNC(=O)CCC(=O)N1CCCCCC1. The molecule has 0 spiro atoms. The minimum Gasteiger partial charge on any atom is -0.350 e. The van der Waals surface area contributed by atoms with Gasteiger partial charge in [-0.25, -0.2) is 4.63 Å². The standard InChI is InChI=1S/C14H22N4O3/c1-11-12(17-21-16-11)10-15-13(19)6-7-14(20)18-8-4-2-3-5-9-18/h2-10H2,1H3,(H,15,19). The molecule has 1 aromatic rings. The van der Waals surface area contributed by atoms with Gasteiger partial charge in [-0.3, -0.25) is 9.59 Å². The minimum atomic E-state index is -0.152. The van der Waals surface area contributed by atoms with Crippen LogP contribution in [0.4, 0.5) is 0 Å². The molecule has 0 bridgehead atoms. The summed E-state index contributed by atoms with van der Waals surface area (Å²) in [5.41, 5.74) is 1.28. The maximum absolute atomic E-state index is 12.1. The number of rotatable bonds is 5. The third-order valence-corrected chi connectivity index (χ3v) is 3.72. The van der Waals surface area contributed by atoms with E-state index in [2.05, 4.69) is 20.3 Å². The predicted molar refractivity (Wildman–Crippen MR) is 75.2 cm³/mol. The number of nitrogens with zero attached hydrogens (tertiary/aromatic N) is 3. The van der Waals surface area contributed by atoms with Crippen LogP contribution in [-0.4, -0.2) is 40.1 Å². The van der Waals surface area contributed by atoms with E-state index in [1.54, 1.807) is 6.92 Å². The number of carbonyl (C=O) groups excluding carboxylic acids is 2. The molecule has 1 aliphatic heterocycles. The number of aromatic nitrogens is 2. The Kier molecular flexibility index (Phi) is 5.71. The van der Waals surface area contributed by atoms with Gasteiger partial charge < -0.3 is 10.2 Å². The Hall–Kier alpha value is -1.92. The van der Waals surface area contributed by atoms with Gasteiger partial charge in [0, 0.05) is 25.9 Å². The number of aryl methyl sites for hydroxylation is 1. The van der Waals surface area contributed by atoms with Crippen LogP contribution < -0.4 is 5.32 Å². The van der Waals surface area contributed by atoms with E-state index in [9.17, 15) is 9.59 Å². The summed E-state index contributed by atoms with van der Waals surface area (Å²) in [7, 11) is 0. The summed E-state index contributed by atoms with van der Waals surface area (Å²) in [4.78, 5) is 25.7. The van der Waals surface area contributed by atoms with Crippen molar-refractivity contribution in [1.29, 1.82) is 0 Å². The van der Waals surface area contributed by atoms with Crippen molar-refractivity contribution in [1.82, 2.24) is 20.5 Å². The molecule has 0 aliphatic carbocycles. The van der Waals surface area contributed by atoms with Gasteiger partial charge in [0.1, 0.15) is 11.4 Å². The van der Waals surface area contributed by atoms with E-state index < -0.39 is 0 Å². The molecule has 0 radical (unpaired) electrons. The maximum Gasteiger partial charge on any atom is 0.223 e. The van der Waals surface area contributed by atoms with E-state index in [1.165, 1.54) is 12.8 Å². The van der Waals surface area contributed by atoms with Crippen LogP contribution in [0.1, 0.15) is 49.9 Å². The first-order valence-corrected chi connectivity index (χ1v) is 7.49. The number of nitrogens with one attached hydrogen (secondary N) is 1. The Morgan fingerprint density at radius 1 is 1.14 bits per heavy atom. The van der Waals surface area contributed by atoms with Gasteiger partial charge in [0.05, 0.1) is 6.54 Å². The van der Waals surface area contributed by atoms with Crippen molar-refractivity contribution in [2.75, 3.05) is 13.1 Å². The number of hydrogen-bond acceptors (Lipinski definition) is 5. The normalized spacial score (nSPS) is 15.6. The molecule has 1 N–H and O–H groups in total. The number of carbonyl (C=O) groups is 2. The van der Waals surface area contributed by atoms with Gasteiger partial charge in [0.25, 0.3) is 0 Å². The molecular formula is C14H22N4O3. The van der Waals surface area contributed by atoms with Crippen LogP contribution in [0.3, 0.4) is 0 Å². The van der Waals surface area contributed by atoms with E-state index in [4.69, 9.17) is 0 Å². The van der Waals surface area contributed by atoms with E-state index in [1.807, 2.05) is 4.90 Å². The van der Waals surface area contributed by atoms with Crippen molar-refractivity contribution in [3.63, 3.8) is 0 Å². The zero-order valence-corrected chi connectivity index (χ0v) is 12.4. The van der Waals surface area contributed by atoms with Crippen molar-refractivity contribution in [2.24, 2.45) is 0 Å². The number of amides is 2. The van der Waals surface area contributed by atoms with Gasteiger partial charge in [-0.05, 0) is 19.8 Å². The van der Waals surface area contributed by atoms with Gasteiger partial charge in [-0.1, -0.05) is 23.2 Å². The fourth-order valence-electron chi connectivity index (χ4n) is 2.38. The van der Waals surface area contributed by atoms with Crippen LogP contribution in [0.5, 0.6) is 0 Å². The highest BCUT2D eigenvalue weighted by Gasteiger charge is 2.16. The van der Waals surface area contributed by atoms with Gasteiger partial charge in [-0.15, -0.1) is 0 Å². The highest BCUT2D eigenvalue weighted by molar-refractivity contribution is 5.83. The van der Waals surface area contributed by atoms with Crippen LogP contribution >= 0.6 is 0 Å². The summed E-state index contributed by atoms with van der Waals surface area (Å²) in [5.74, 6) is -0.0769. The summed E-state index contributed by atoms with van der Waals surface area (Å²) in [5, 5.41) is 10.1. The Balaban J connectivity index is 1.68. The summed E-state index contributed by atoms with van der Waals surface area (Å²) < 4.78 is 4.55. The van der Waals surface area contributed by atoms with Crippen LogP contribution in [0, 0.1) is 6.92 Å². The summed E-state index contributed by atoms with van der Waals surface area (Å²) in [6.07, 6.45) is 4.99. The Morgan fingerprint density at radius 2 is 1.86 bits per heavy atom. The first-order chi connectivity index (χ1) is 10.2. The third kappa shape index (κ3) is 4.84. The lowest BCUT2D eigenvalue weighted by Gasteiger charge is -2.20. The quantitative estimate of drug-likeness (QED) is 0.881. The fraction of sp³-hybridized carbons (Fsp3) is 0.714. The first kappa shape index (κ1) is 15.5. The molecule has 7 nitrogen and oxygen atoms in total. The minimum absolute atomic E-state index is 0.0753. The molecule has 1 aromatic heterocycles. The number of likely N-dealkylation sites (tertiary alicyclic amines) is 1. The highest BCUT2D eigenvalue weighted by Crippen LogP contribution is 2.11. The molecule has 2 amide bonds. The molecule has 116 valence electrons. The monoisotopic (exact) mass is 294 g/mol. The van der Waals surface area contributed by atoms with E-state index in [0.29, 0.717) is 11.4 Å². The molecule has 1 fully saturated rings. The first-order valence-electron chi connectivity index (χ1n) is 7.49. The van der Waals surface area contributed by atoms with Crippen molar-refractivity contribution in [3.05, 3.63) is 11.4 Å². The molecular weight excluding hydrogens is 272 g/mol. The lowest BCUT2D eigenvalue weighted by atomic mass is 10.2. The molecule has 2 heterocycles. The van der Waals surface area contributed by atoms with Gasteiger partial charge in [-0.2, -0.15) is 0 Å². The van der Waals surface area contributed by atoms with E-state index in [0.717, 1.165) is 25.9 Å². The van der Waals surface area contributed by atoms with Crippen molar-refractivity contribution < 1.29 is 14.2 Å². The highest BCUT2D eigenvalue weighted by atomic mass is 16.6. The molecule has 0 aromatic carbocycles. The molecule has 0 saturated carbocycles. The zero-order valence-electron chi connectivity index (χ0n) is 12.4. The lowest BCUT2D eigenvalue weighted by Crippen LogP contribution is -2.33. The van der Waals surface area contributed by atoms with Crippen molar-refractivity contribution in [3.8, 4) is 0 Å². The fourth-order valence-corrected chi connectivity index (χ4v) is 2.38. The van der Waals surface area contributed by atoms with Gasteiger partial charge >= 0.3 is 0 Å². The topological polar surface area (TPSA) is 88.3 Å². The van der Waals surface area contributed by atoms with Crippen LogP contribution in [0.25, 0.3) is 0 Å². The van der Waals surface area contributed by atoms with Crippen LogP contribution in [0.2, 0.25) is 0 Å². The van der Waals surface area contributed by atoms with Crippen molar-refractivity contribution in [2.45, 2.75) is 52.0 Å². The second-order valence-corrected chi connectivity index (χ2v) is 5.37. The largest absolute Gasteiger partial charge is 0.350 e. The average molecular weight is 294 g/mol.